The number of hydrogen-bond acceptors (Lipinski definition) is 4. The Morgan fingerprint density at radius 3 is 2.54 bits per heavy atom. The predicted octanol–water partition coefficient (Wildman–Crippen LogP) is 5.23. The van der Waals surface area contributed by atoms with Gasteiger partial charge in [0.05, 0.1) is 10.0 Å². The molecule has 2 aromatic carbocycles. The Labute approximate surface area is 159 Å². The number of carbonyl (C=O) groups is 1. The lowest BCUT2D eigenvalue weighted by Gasteiger charge is -2.10. The monoisotopic (exact) mass is 390 g/mol. The molecule has 5 nitrogen and oxygen atoms in total. The van der Waals surface area contributed by atoms with Crippen molar-refractivity contribution in [1.29, 1.82) is 0 Å². The maximum Gasteiger partial charge on any atom is 0.274 e. The summed E-state index contributed by atoms with van der Waals surface area (Å²) in [5.41, 5.74) is 1.14. The minimum atomic E-state index is -0.474. The normalized spacial score (nSPS) is 10.5. The number of amides is 1. The third-order valence-corrected chi connectivity index (χ3v) is 4.08. The van der Waals surface area contributed by atoms with Gasteiger partial charge < -0.3 is 10.6 Å². The average Bonchev–Trinajstić information content (AvgIpc) is 2.58. The van der Waals surface area contributed by atoms with Gasteiger partial charge in [0.25, 0.3) is 5.91 Å². The van der Waals surface area contributed by atoms with E-state index < -0.39 is 11.7 Å². The van der Waals surface area contributed by atoms with Crippen LogP contribution in [-0.2, 0) is 0 Å². The van der Waals surface area contributed by atoms with E-state index in [1.54, 1.807) is 31.2 Å². The number of halogens is 3. The summed E-state index contributed by atoms with van der Waals surface area (Å²) in [4.78, 5) is 20.8. The zero-order valence-electron chi connectivity index (χ0n) is 13.6. The number of nitrogens with one attached hydrogen (secondary N) is 2. The molecule has 2 N–H and O–H groups in total. The van der Waals surface area contributed by atoms with E-state index in [1.165, 1.54) is 24.3 Å². The van der Waals surface area contributed by atoms with E-state index in [0.717, 1.165) is 0 Å². The molecule has 0 aliphatic heterocycles. The number of nitrogens with zero attached hydrogens (tertiary/aromatic N) is 2. The minimum absolute atomic E-state index is 0.143. The number of benzene rings is 2. The van der Waals surface area contributed by atoms with Crippen LogP contribution in [0.25, 0.3) is 0 Å². The van der Waals surface area contributed by atoms with Crippen molar-refractivity contribution in [3.8, 4) is 0 Å². The van der Waals surface area contributed by atoms with Crippen molar-refractivity contribution < 1.29 is 9.18 Å². The molecule has 0 fully saturated rings. The lowest BCUT2D eigenvalue weighted by atomic mass is 10.2. The second-order valence-electron chi connectivity index (χ2n) is 5.40. The van der Waals surface area contributed by atoms with Crippen molar-refractivity contribution in [3.05, 3.63) is 75.9 Å². The molecule has 0 aliphatic rings. The largest absolute Gasteiger partial charge is 0.340 e. The molecule has 0 spiro atoms. The van der Waals surface area contributed by atoms with Crippen molar-refractivity contribution in [1.82, 2.24) is 9.97 Å². The maximum atomic E-state index is 13.2. The fraction of sp³-hybridized carbons (Fsp3) is 0.0556. The van der Waals surface area contributed by atoms with Gasteiger partial charge in [-0.2, -0.15) is 0 Å². The van der Waals surface area contributed by atoms with Gasteiger partial charge in [0, 0.05) is 17.4 Å². The molecule has 0 bridgehead atoms. The van der Waals surface area contributed by atoms with E-state index in [2.05, 4.69) is 20.6 Å². The lowest BCUT2D eigenvalue weighted by molar-refractivity contribution is 0.102. The lowest BCUT2D eigenvalue weighted by Crippen LogP contribution is -2.15. The van der Waals surface area contributed by atoms with Gasteiger partial charge in [-0.3, -0.25) is 4.79 Å². The maximum absolute atomic E-state index is 13.2. The van der Waals surface area contributed by atoms with Crippen LogP contribution in [0.5, 0.6) is 0 Å². The first-order valence-electron chi connectivity index (χ1n) is 7.55. The van der Waals surface area contributed by atoms with Crippen molar-refractivity contribution in [3.63, 3.8) is 0 Å². The summed E-state index contributed by atoms with van der Waals surface area (Å²) in [6, 6.07) is 12.1. The number of hydrogen-bond donors (Lipinski definition) is 2. The van der Waals surface area contributed by atoms with E-state index in [9.17, 15) is 9.18 Å². The van der Waals surface area contributed by atoms with Crippen LogP contribution in [0.2, 0.25) is 10.0 Å². The molecule has 26 heavy (non-hydrogen) atoms. The molecule has 0 radical (unpaired) electrons. The zero-order valence-corrected chi connectivity index (χ0v) is 15.1. The van der Waals surface area contributed by atoms with Gasteiger partial charge in [-0.1, -0.05) is 29.3 Å². The molecule has 0 atom stereocenters. The Morgan fingerprint density at radius 1 is 1.00 bits per heavy atom. The van der Waals surface area contributed by atoms with Gasteiger partial charge in [-0.25, -0.2) is 14.4 Å². The van der Waals surface area contributed by atoms with Gasteiger partial charge in [0.15, 0.2) is 0 Å². The highest BCUT2D eigenvalue weighted by Gasteiger charge is 2.12. The number of aromatic nitrogens is 2. The highest BCUT2D eigenvalue weighted by Crippen LogP contribution is 2.26. The standard InChI is InChI=1S/C18H13Cl2FN4O/c1-10-22-16(18(26)25-12-4-2-3-11(21)7-12)9-17(23-10)24-13-5-6-14(19)15(20)8-13/h2-9H,1H3,(H,25,26)(H,22,23,24). The Balaban J connectivity index is 1.82. The van der Waals surface area contributed by atoms with Gasteiger partial charge in [0.2, 0.25) is 0 Å². The first-order chi connectivity index (χ1) is 12.4. The van der Waals surface area contributed by atoms with Crippen LogP contribution in [0.4, 0.5) is 21.6 Å². The summed E-state index contributed by atoms with van der Waals surface area (Å²) in [5, 5.41) is 6.48. The van der Waals surface area contributed by atoms with Gasteiger partial charge in [-0.05, 0) is 43.3 Å². The molecule has 1 amide bonds. The van der Waals surface area contributed by atoms with Crippen molar-refractivity contribution >= 4 is 46.3 Å². The Kier molecular flexibility index (Phi) is 5.35. The summed E-state index contributed by atoms with van der Waals surface area (Å²) in [6.07, 6.45) is 0. The number of rotatable bonds is 4. The number of carbonyl (C=O) groups excluding carboxylic acids is 1. The highest BCUT2D eigenvalue weighted by atomic mass is 35.5. The molecule has 3 aromatic rings. The smallest absolute Gasteiger partial charge is 0.274 e. The number of anilines is 3. The first kappa shape index (κ1) is 18.1. The molecule has 1 heterocycles. The Hall–Kier alpha value is -2.70. The number of aryl methyl sites for hydroxylation is 1. The van der Waals surface area contributed by atoms with Crippen LogP contribution in [0.15, 0.2) is 48.5 Å². The average molecular weight is 391 g/mol. The molecule has 0 saturated carbocycles. The van der Waals surface area contributed by atoms with Crippen LogP contribution in [0, 0.1) is 12.7 Å². The summed E-state index contributed by atoms with van der Waals surface area (Å²) >= 11 is 11.9. The fourth-order valence-electron chi connectivity index (χ4n) is 2.23. The van der Waals surface area contributed by atoms with Crippen LogP contribution in [-0.4, -0.2) is 15.9 Å². The predicted molar refractivity (Wildman–Crippen MR) is 101 cm³/mol. The van der Waals surface area contributed by atoms with E-state index >= 15 is 0 Å². The summed E-state index contributed by atoms with van der Waals surface area (Å²) in [6.45, 7) is 1.67. The summed E-state index contributed by atoms with van der Waals surface area (Å²) in [5.74, 6) is -0.0957. The third-order valence-electron chi connectivity index (χ3n) is 3.35. The van der Waals surface area contributed by atoms with Gasteiger partial charge in [-0.15, -0.1) is 0 Å². The molecule has 0 unspecified atom stereocenters. The Bertz CT molecular complexity index is 981. The first-order valence-corrected chi connectivity index (χ1v) is 8.31. The van der Waals surface area contributed by atoms with Crippen LogP contribution >= 0.6 is 23.2 Å². The van der Waals surface area contributed by atoms with Gasteiger partial charge >= 0.3 is 0 Å². The molecule has 8 heteroatoms. The van der Waals surface area contributed by atoms with E-state index in [0.29, 0.717) is 33.1 Å². The van der Waals surface area contributed by atoms with Crippen LogP contribution in [0.3, 0.4) is 0 Å². The quantitative estimate of drug-likeness (QED) is 0.640. The highest BCUT2D eigenvalue weighted by molar-refractivity contribution is 6.42. The van der Waals surface area contributed by atoms with Crippen molar-refractivity contribution in [2.24, 2.45) is 0 Å². The fourth-order valence-corrected chi connectivity index (χ4v) is 2.53. The summed E-state index contributed by atoms with van der Waals surface area (Å²) < 4.78 is 13.2. The second kappa shape index (κ2) is 7.68. The third kappa shape index (κ3) is 4.47. The van der Waals surface area contributed by atoms with Crippen molar-refractivity contribution in [2.75, 3.05) is 10.6 Å². The molecule has 3 rings (SSSR count). The zero-order chi connectivity index (χ0) is 18.7. The van der Waals surface area contributed by atoms with Crippen LogP contribution in [0.1, 0.15) is 16.3 Å². The molecule has 132 valence electrons. The van der Waals surface area contributed by atoms with E-state index in [4.69, 9.17) is 23.2 Å². The van der Waals surface area contributed by atoms with E-state index in [1.807, 2.05) is 0 Å². The Morgan fingerprint density at radius 2 is 1.81 bits per heavy atom. The van der Waals surface area contributed by atoms with Gasteiger partial charge in [0.1, 0.15) is 23.2 Å². The molecular weight excluding hydrogens is 378 g/mol. The van der Waals surface area contributed by atoms with Crippen molar-refractivity contribution in [2.45, 2.75) is 6.92 Å². The summed E-state index contributed by atoms with van der Waals surface area (Å²) in [7, 11) is 0. The molecular formula is C18H13Cl2FN4O. The molecule has 0 saturated heterocycles. The molecule has 1 aromatic heterocycles. The van der Waals surface area contributed by atoms with Crippen LogP contribution < -0.4 is 10.6 Å². The topological polar surface area (TPSA) is 66.9 Å². The minimum Gasteiger partial charge on any atom is -0.340 e. The molecule has 0 aliphatic carbocycles. The van der Waals surface area contributed by atoms with E-state index in [-0.39, 0.29) is 5.69 Å². The SMILES string of the molecule is Cc1nc(Nc2ccc(Cl)c(Cl)c2)cc(C(=O)Nc2cccc(F)c2)n1. The second-order valence-corrected chi connectivity index (χ2v) is 6.22.